The average molecular weight is 794 g/mol. The molecule has 0 saturated carbocycles. The molecule has 0 bridgehead atoms. The van der Waals surface area contributed by atoms with Gasteiger partial charge in [0.2, 0.25) is 0 Å². The van der Waals surface area contributed by atoms with Crippen molar-refractivity contribution < 1.29 is 0 Å². The third kappa shape index (κ3) is 5.26. The largest absolute Gasteiger partial charge is 0.308 e. The van der Waals surface area contributed by atoms with Gasteiger partial charge in [-0.2, -0.15) is 0 Å². The van der Waals surface area contributed by atoms with Gasteiger partial charge in [0.05, 0.1) is 16.6 Å². The molecule has 0 N–H and O–H groups in total. The molecule has 2 heteroatoms. The molecular weight excluding hydrogens is 755 g/mol. The topological polar surface area (TPSA) is 4.93 Å². The molecule has 0 saturated heterocycles. The molecule has 0 aliphatic rings. The maximum atomic E-state index is 4.14. The Bertz CT molecular complexity index is 3790. The summed E-state index contributed by atoms with van der Waals surface area (Å²) in [5, 5.41) is 16.2. The van der Waals surface area contributed by atoms with Crippen LogP contribution in [-0.4, -0.2) is 4.57 Å². The monoisotopic (exact) mass is 793 g/mol. The first-order valence-corrected chi connectivity index (χ1v) is 21.8. The van der Waals surface area contributed by atoms with Crippen LogP contribution in [0.5, 0.6) is 0 Å². The van der Waals surface area contributed by atoms with E-state index in [-0.39, 0.29) is 0 Å². The average Bonchev–Trinajstić information content (AvgIpc) is 3.85. The van der Waals surface area contributed by atoms with Crippen molar-refractivity contribution in [3.63, 3.8) is 0 Å². The Kier molecular flexibility index (Phi) is 8.16. The zero-order chi connectivity index (χ0) is 40.6. The smallest absolute Gasteiger partial charge is 0.0619 e. The number of aromatic nitrogens is 1. The van der Waals surface area contributed by atoms with Crippen LogP contribution in [0, 0.1) is 0 Å². The van der Waals surface area contributed by atoms with Crippen LogP contribution in [0.25, 0.3) is 125 Å². The molecule has 61 heavy (non-hydrogen) atoms. The second-order valence-electron chi connectivity index (χ2n) is 15.9. The fraction of sp³-hybridized carbons (Fsp3) is 0.0169. The summed E-state index contributed by atoms with van der Waals surface area (Å²) in [4.78, 5) is 0. The van der Waals surface area contributed by atoms with E-state index in [1.54, 1.807) is 0 Å². The summed E-state index contributed by atoms with van der Waals surface area (Å²) in [5.41, 5.74) is 9.97. The van der Waals surface area contributed by atoms with Gasteiger partial charge < -0.3 is 4.57 Å². The van der Waals surface area contributed by atoms with Crippen molar-refractivity contribution in [1.82, 2.24) is 4.57 Å². The zero-order valence-corrected chi connectivity index (χ0v) is 34.5. The lowest BCUT2D eigenvalue weighted by Crippen LogP contribution is -2.28. The molecule has 10 aromatic carbocycles. The van der Waals surface area contributed by atoms with Gasteiger partial charge in [0.25, 0.3) is 0 Å². The first-order valence-electron chi connectivity index (χ1n) is 21.0. The summed E-state index contributed by atoms with van der Waals surface area (Å²) in [5.74, 6) is 0. The third-order valence-electron chi connectivity index (χ3n) is 12.7. The Hall–Kier alpha value is -7.52. The van der Waals surface area contributed by atoms with Crippen molar-refractivity contribution in [2.24, 2.45) is 0 Å². The normalized spacial score (nSPS) is 12.6. The molecule has 12 rings (SSSR count). The molecule has 0 aliphatic carbocycles. The number of thiophene rings is 1. The van der Waals surface area contributed by atoms with Crippen LogP contribution >= 0.6 is 11.3 Å². The number of allylic oxidation sites excluding steroid dienone is 1. The first-order chi connectivity index (χ1) is 30.2. The number of nitrogens with zero attached hydrogens (tertiary/aromatic N) is 1. The Morgan fingerprint density at radius 2 is 0.951 bits per heavy atom. The van der Waals surface area contributed by atoms with Crippen LogP contribution in [0.1, 0.15) is 6.92 Å². The van der Waals surface area contributed by atoms with E-state index in [1.165, 1.54) is 118 Å². The van der Waals surface area contributed by atoms with Gasteiger partial charge >= 0.3 is 0 Å². The molecule has 12 aromatic rings. The van der Waals surface area contributed by atoms with Crippen molar-refractivity contribution in [3.05, 3.63) is 211 Å². The molecule has 2 aromatic heterocycles. The number of para-hydroxylation sites is 1. The molecular formula is C59H39NS. The molecule has 1 nitrogen and oxygen atoms in total. The van der Waals surface area contributed by atoms with E-state index in [1.807, 2.05) is 17.4 Å². The number of hydrogen-bond donors (Lipinski definition) is 0. The second kappa shape index (κ2) is 14.1. The van der Waals surface area contributed by atoms with E-state index in [0.717, 1.165) is 5.35 Å². The highest BCUT2D eigenvalue weighted by Gasteiger charge is 2.22. The second-order valence-corrected chi connectivity index (χ2v) is 16.9. The predicted molar refractivity (Wildman–Crippen MR) is 267 cm³/mol. The van der Waals surface area contributed by atoms with Gasteiger partial charge in [-0.1, -0.05) is 195 Å². The van der Waals surface area contributed by atoms with Crippen LogP contribution in [0.4, 0.5) is 0 Å². The Balaban J connectivity index is 1.12. The van der Waals surface area contributed by atoms with Crippen LogP contribution in [0.15, 0.2) is 201 Å². The van der Waals surface area contributed by atoms with E-state index in [4.69, 9.17) is 0 Å². The van der Waals surface area contributed by atoms with Gasteiger partial charge in [-0.15, -0.1) is 11.3 Å². The standard InChI is InChI=1S/C59H39NS/c1-3-19-52-39(4-2)40-22-16-17-33-53(40)60(52)58-48-29-14-12-27-46(48)56(47-28-13-15-30-49(47)58)38-34-35-41-50-31-18-32-51(59(50)61-54(41)36-38)57-44-25-10-8-23-42(44)55(37-20-6-5-7-21-37)43-24-9-11-26-45(43)57/h3-36H,1H2,2H3/b39-4-,52-19+. The van der Waals surface area contributed by atoms with Crippen molar-refractivity contribution >= 4 is 97.7 Å². The first kappa shape index (κ1) is 35.4. The van der Waals surface area contributed by atoms with Gasteiger partial charge in [0.1, 0.15) is 0 Å². The lowest BCUT2D eigenvalue weighted by molar-refractivity contribution is 1.09. The van der Waals surface area contributed by atoms with E-state index < -0.39 is 0 Å². The molecule has 0 spiro atoms. The molecule has 0 amide bonds. The Morgan fingerprint density at radius 1 is 0.443 bits per heavy atom. The number of fused-ring (bicyclic) bond motifs is 8. The quantitative estimate of drug-likeness (QED) is 0.153. The minimum absolute atomic E-state index is 1.14. The van der Waals surface area contributed by atoms with Gasteiger partial charge in [-0.05, 0) is 85.3 Å². The molecule has 0 aliphatic heterocycles. The molecule has 0 fully saturated rings. The van der Waals surface area contributed by atoms with Crippen LogP contribution in [0.3, 0.4) is 0 Å². The van der Waals surface area contributed by atoms with Crippen molar-refractivity contribution in [2.45, 2.75) is 6.92 Å². The van der Waals surface area contributed by atoms with Crippen LogP contribution in [0.2, 0.25) is 0 Å². The number of hydrogen-bond acceptors (Lipinski definition) is 1. The Morgan fingerprint density at radius 3 is 1.56 bits per heavy atom. The minimum atomic E-state index is 1.14. The maximum absolute atomic E-state index is 4.14. The summed E-state index contributed by atoms with van der Waals surface area (Å²) in [7, 11) is 0. The summed E-state index contributed by atoms with van der Waals surface area (Å²) in [6.45, 7) is 6.27. The lowest BCUT2D eigenvalue weighted by Gasteiger charge is -2.19. The molecule has 0 radical (unpaired) electrons. The SMILES string of the molecule is C=C/C=c1\c(=C/C)c2ccccc2n1-c1c2ccccc2c(-c2ccc3c(c2)sc2c(-c4c5ccccc5c(-c5ccccc5)c5ccccc45)cccc23)c2ccccc12. The molecule has 0 unspecified atom stereocenters. The summed E-state index contributed by atoms with van der Waals surface area (Å²) >= 11 is 1.91. The van der Waals surface area contributed by atoms with Gasteiger partial charge in [0.15, 0.2) is 0 Å². The highest BCUT2D eigenvalue weighted by Crippen LogP contribution is 2.49. The maximum Gasteiger partial charge on any atom is 0.0619 e. The lowest BCUT2D eigenvalue weighted by atomic mass is 9.86. The fourth-order valence-corrected chi connectivity index (χ4v) is 11.5. The Labute approximate surface area is 357 Å². The summed E-state index contributed by atoms with van der Waals surface area (Å²) in [6, 6.07) is 69.5. The summed E-state index contributed by atoms with van der Waals surface area (Å²) in [6.07, 6.45) is 6.29. The minimum Gasteiger partial charge on any atom is -0.308 e. The van der Waals surface area contributed by atoms with Crippen LogP contribution < -0.4 is 10.6 Å². The van der Waals surface area contributed by atoms with Gasteiger partial charge in [-0.25, -0.2) is 0 Å². The van der Waals surface area contributed by atoms with E-state index in [9.17, 15) is 0 Å². The third-order valence-corrected chi connectivity index (χ3v) is 13.9. The molecule has 286 valence electrons. The highest BCUT2D eigenvalue weighted by molar-refractivity contribution is 7.26. The molecule has 2 heterocycles. The van der Waals surface area contributed by atoms with E-state index in [0.29, 0.717) is 0 Å². The fourth-order valence-electron chi connectivity index (χ4n) is 10.2. The van der Waals surface area contributed by atoms with Gasteiger partial charge in [0, 0.05) is 47.1 Å². The number of benzene rings is 10. The van der Waals surface area contributed by atoms with E-state index >= 15 is 0 Å². The van der Waals surface area contributed by atoms with E-state index in [2.05, 4.69) is 218 Å². The van der Waals surface area contributed by atoms with Crippen LogP contribution in [-0.2, 0) is 0 Å². The highest BCUT2D eigenvalue weighted by atomic mass is 32.1. The van der Waals surface area contributed by atoms with Crippen molar-refractivity contribution in [1.29, 1.82) is 0 Å². The van der Waals surface area contributed by atoms with Gasteiger partial charge in [-0.3, -0.25) is 0 Å². The summed E-state index contributed by atoms with van der Waals surface area (Å²) < 4.78 is 5.06. The van der Waals surface area contributed by atoms with Crippen molar-refractivity contribution in [2.75, 3.05) is 0 Å². The number of rotatable bonds is 5. The zero-order valence-electron chi connectivity index (χ0n) is 33.7. The molecule has 0 atom stereocenters. The van der Waals surface area contributed by atoms with Crippen molar-refractivity contribution in [3.8, 4) is 39.1 Å². The predicted octanol–water partition coefficient (Wildman–Crippen LogP) is 15.4.